The van der Waals surface area contributed by atoms with E-state index in [4.69, 9.17) is 0 Å². The molecule has 0 radical (unpaired) electrons. The Morgan fingerprint density at radius 1 is 1.41 bits per heavy atom. The van der Waals surface area contributed by atoms with Crippen molar-refractivity contribution in [1.29, 1.82) is 0 Å². The van der Waals surface area contributed by atoms with Crippen molar-refractivity contribution in [2.24, 2.45) is 0 Å². The van der Waals surface area contributed by atoms with Gasteiger partial charge in [0.2, 0.25) is 0 Å². The topological polar surface area (TPSA) is 15.3 Å². The van der Waals surface area contributed by atoms with Gasteiger partial charge in [-0.2, -0.15) is 0 Å². The first-order chi connectivity index (χ1) is 8.15. The number of nitrogens with one attached hydrogen (secondary N) is 1. The molecular weight excluding hydrogens is 215 g/mol. The molecule has 1 aromatic carbocycles. The molecule has 0 bridgehead atoms. The lowest BCUT2D eigenvalue weighted by Gasteiger charge is -2.21. The summed E-state index contributed by atoms with van der Waals surface area (Å²) < 4.78 is 13.5. The molecule has 1 rings (SSSR count). The van der Waals surface area contributed by atoms with Crippen molar-refractivity contribution in [2.45, 2.75) is 13.3 Å². The number of hydrogen-bond acceptors (Lipinski definition) is 2. The minimum atomic E-state index is -0.190. The summed E-state index contributed by atoms with van der Waals surface area (Å²) in [4.78, 5) is 1.88. The summed E-state index contributed by atoms with van der Waals surface area (Å²) in [6.07, 6.45) is 1.11. The van der Waals surface area contributed by atoms with E-state index in [9.17, 15) is 4.39 Å². The number of hydrogen-bond donors (Lipinski definition) is 1. The van der Waals surface area contributed by atoms with E-state index in [1.807, 2.05) is 18.0 Å². The minimum absolute atomic E-state index is 0.190. The van der Waals surface area contributed by atoms with E-state index < -0.39 is 0 Å². The van der Waals surface area contributed by atoms with Crippen LogP contribution < -0.4 is 10.2 Å². The van der Waals surface area contributed by atoms with Crippen molar-refractivity contribution in [3.63, 3.8) is 0 Å². The maximum Gasteiger partial charge on any atom is 0.146 e. The fourth-order valence-electron chi connectivity index (χ4n) is 1.68. The smallest absolute Gasteiger partial charge is 0.146 e. The molecule has 2 nitrogen and oxygen atoms in total. The Labute approximate surface area is 103 Å². The van der Waals surface area contributed by atoms with Crippen molar-refractivity contribution < 1.29 is 4.39 Å². The number of anilines is 1. The molecule has 17 heavy (non-hydrogen) atoms. The third-order valence-electron chi connectivity index (χ3n) is 2.53. The van der Waals surface area contributed by atoms with Crippen molar-refractivity contribution >= 4 is 5.69 Å². The van der Waals surface area contributed by atoms with Gasteiger partial charge in [-0.25, -0.2) is 4.39 Å². The zero-order valence-electron chi connectivity index (χ0n) is 10.7. The van der Waals surface area contributed by atoms with Crippen LogP contribution >= 0.6 is 0 Å². The van der Waals surface area contributed by atoms with Crippen LogP contribution in [0.25, 0.3) is 0 Å². The molecule has 0 atom stereocenters. The summed E-state index contributed by atoms with van der Waals surface area (Å²) in [5.41, 5.74) is 1.67. The Balaban J connectivity index is 2.46. The first kappa shape index (κ1) is 13.7. The van der Waals surface area contributed by atoms with Gasteiger partial charge >= 0.3 is 0 Å². The van der Waals surface area contributed by atoms with Gasteiger partial charge in [0.05, 0.1) is 5.69 Å². The van der Waals surface area contributed by atoms with Crippen LogP contribution in [-0.4, -0.2) is 26.7 Å². The molecule has 0 aliphatic rings. The number of nitrogens with zero attached hydrogens (tertiary/aromatic N) is 1. The van der Waals surface area contributed by atoms with Crippen LogP contribution in [0.2, 0.25) is 0 Å². The number of halogens is 1. The van der Waals surface area contributed by atoms with E-state index in [1.54, 1.807) is 12.1 Å². The highest BCUT2D eigenvalue weighted by Crippen LogP contribution is 2.17. The molecule has 0 saturated heterocycles. The van der Waals surface area contributed by atoms with Crippen LogP contribution in [0.4, 0.5) is 10.1 Å². The lowest BCUT2D eigenvalue weighted by molar-refractivity contribution is 0.623. The molecule has 0 unspecified atom stereocenters. The monoisotopic (exact) mass is 236 g/mol. The first-order valence-electron chi connectivity index (χ1n) is 5.98. The Morgan fingerprint density at radius 3 is 2.76 bits per heavy atom. The van der Waals surface area contributed by atoms with Gasteiger partial charge in [0.1, 0.15) is 5.82 Å². The maximum absolute atomic E-state index is 13.5. The minimum Gasteiger partial charge on any atom is -0.368 e. The number of para-hydroxylation sites is 1. The number of likely N-dealkylation sites (N-methyl/N-ethyl adjacent to an activating group) is 1. The van der Waals surface area contributed by atoms with Gasteiger partial charge in [-0.05, 0) is 30.7 Å². The van der Waals surface area contributed by atoms with Crippen LogP contribution in [0.15, 0.2) is 36.4 Å². The average Bonchev–Trinajstić information content (AvgIpc) is 2.29. The quantitative estimate of drug-likeness (QED) is 0.578. The average molecular weight is 236 g/mol. The Morgan fingerprint density at radius 2 is 2.12 bits per heavy atom. The van der Waals surface area contributed by atoms with Gasteiger partial charge in [-0.1, -0.05) is 25.6 Å². The van der Waals surface area contributed by atoms with E-state index in [-0.39, 0.29) is 5.82 Å². The third-order valence-corrected chi connectivity index (χ3v) is 2.53. The SMILES string of the molecule is C=C(CNCCC)CN(C)c1ccccc1F. The predicted molar refractivity (Wildman–Crippen MR) is 72.0 cm³/mol. The highest BCUT2D eigenvalue weighted by molar-refractivity contribution is 5.47. The highest BCUT2D eigenvalue weighted by atomic mass is 19.1. The number of benzene rings is 1. The largest absolute Gasteiger partial charge is 0.368 e. The number of rotatable bonds is 7. The third kappa shape index (κ3) is 4.57. The van der Waals surface area contributed by atoms with E-state index in [2.05, 4.69) is 18.8 Å². The molecule has 0 aliphatic heterocycles. The van der Waals surface area contributed by atoms with Gasteiger partial charge < -0.3 is 10.2 Å². The Bertz CT molecular complexity index is 363. The molecule has 1 N–H and O–H groups in total. The lowest BCUT2D eigenvalue weighted by Crippen LogP contribution is -2.26. The molecule has 0 spiro atoms. The van der Waals surface area contributed by atoms with E-state index in [1.165, 1.54) is 6.07 Å². The summed E-state index contributed by atoms with van der Waals surface area (Å²) in [6, 6.07) is 6.79. The van der Waals surface area contributed by atoms with Crippen LogP contribution in [0.3, 0.4) is 0 Å². The Kier molecular flexibility index (Phi) is 5.70. The molecule has 0 aromatic heterocycles. The van der Waals surface area contributed by atoms with Gasteiger partial charge in [0.25, 0.3) is 0 Å². The standard InChI is InChI=1S/C14H21FN2/c1-4-9-16-10-12(2)11-17(3)14-8-6-5-7-13(14)15/h5-8,16H,2,4,9-11H2,1,3H3. The fourth-order valence-corrected chi connectivity index (χ4v) is 1.68. The highest BCUT2D eigenvalue weighted by Gasteiger charge is 2.07. The second-order valence-electron chi connectivity index (χ2n) is 4.23. The summed E-state index contributed by atoms with van der Waals surface area (Å²) in [6.45, 7) is 8.56. The second kappa shape index (κ2) is 7.07. The normalized spacial score (nSPS) is 10.3. The van der Waals surface area contributed by atoms with E-state index in [0.29, 0.717) is 12.2 Å². The molecule has 0 saturated carbocycles. The molecule has 0 amide bonds. The predicted octanol–water partition coefficient (Wildman–Crippen LogP) is 2.82. The second-order valence-corrected chi connectivity index (χ2v) is 4.23. The van der Waals surface area contributed by atoms with Crippen molar-refractivity contribution in [1.82, 2.24) is 5.32 Å². The molecule has 94 valence electrons. The van der Waals surface area contributed by atoms with Gasteiger partial charge in [0, 0.05) is 20.1 Å². The maximum atomic E-state index is 13.5. The van der Waals surface area contributed by atoms with Crippen LogP contribution in [-0.2, 0) is 0 Å². The molecule has 0 aliphatic carbocycles. The summed E-state index contributed by atoms with van der Waals surface area (Å²) in [7, 11) is 1.88. The lowest BCUT2D eigenvalue weighted by atomic mass is 10.2. The van der Waals surface area contributed by atoms with Gasteiger partial charge in [0.15, 0.2) is 0 Å². The summed E-state index contributed by atoms with van der Waals surface area (Å²) >= 11 is 0. The van der Waals surface area contributed by atoms with E-state index >= 15 is 0 Å². The molecule has 1 aromatic rings. The van der Waals surface area contributed by atoms with Crippen LogP contribution in [0.5, 0.6) is 0 Å². The van der Waals surface area contributed by atoms with Crippen LogP contribution in [0, 0.1) is 5.82 Å². The molecule has 0 heterocycles. The van der Waals surface area contributed by atoms with Crippen LogP contribution in [0.1, 0.15) is 13.3 Å². The van der Waals surface area contributed by atoms with Crippen molar-refractivity contribution in [2.75, 3.05) is 31.6 Å². The van der Waals surface area contributed by atoms with Gasteiger partial charge in [-0.15, -0.1) is 0 Å². The van der Waals surface area contributed by atoms with Crippen molar-refractivity contribution in [3.05, 3.63) is 42.2 Å². The molecule has 3 heteroatoms. The van der Waals surface area contributed by atoms with Crippen molar-refractivity contribution in [3.8, 4) is 0 Å². The van der Waals surface area contributed by atoms with E-state index in [0.717, 1.165) is 25.1 Å². The zero-order chi connectivity index (χ0) is 12.7. The van der Waals surface area contributed by atoms with Gasteiger partial charge in [-0.3, -0.25) is 0 Å². The Hall–Kier alpha value is -1.35. The molecular formula is C14H21FN2. The first-order valence-corrected chi connectivity index (χ1v) is 5.98. The molecule has 0 fully saturated rings. The zero-order valence-corrected chi connectivity index (χ0v) is 10.7. The fraction of sp³-hybridized carbons (Fsp3) is 0.429. The summed E-state index contributed by atoms with van der Waals surface area (Å²) in [5, 5.41) is 3.29. The summed E-state index contributed by atoms with van der Waals surface area (Å²) in [5.74, 6) is -0.190.